The number of carboxylic acids is 1. The molecule has 6 heteroatoms. The van der Waals surface area contributed by atoms with Crippen LogP contribution in [0.3, 0.4) is 0 Å². The van der Waals surface area contributed by atoms with Crippen molar-refractivity contribution in [3.63, 3.8) is 0 Å². The maximum Gasteiger partial charge on any atom is 0.308 e. The molecular weight excluding hydrogens is 317 g/mol. The van der Waals surface area contributed by atoms with Crippen LogP contribution in [0, 0.1) is 11.7 Å². The quantitative estimate of drug-likeness (QED) is 0.923. The summed E-state index contributed by atoms with van der Waals surface area (Å²) in [7, 11) is 0. The molecule has 1 heterocycles. The standard InChI is InChI=1S/C13H13BrFNO3/c14-10-5-8(1-2-11(10)15)6-12(17)16-4-3-9(7-16)13(18)19/h1-2,5,9H,3-4,6-7H2,(H,18,19)/t9-/m0/s1. The van der Waals surface area contributed by atoms with Crippen LogP contribution in [0.25, 0.3) is 0 Å². The van der Waals surface area contributed by atoms with Crippen LogP contribution in [0.15, 0.2) is 22.7 Å². The van der Waals surface area contributed by atoms with Gasteiger partial charge < -0.3 is 10.0 Å². The average molecular weight is 330 g/mol. The Hall–Kier alpha value is -1.43. The lowest BCUT2D eigenvalue weighted by molar-refractivity contribution is -0.141. The molecule has 1 aromatic rings. The van der Waals surface area contributed by atoms with Gasteiger partial charge in [0.1, 0.15) is 5.82 Å². The Morgan fingerprint density at radius 1 is 1.47 bits per heavy atom. The highest BCUT2D eigenvalue weighted by atomic mass is 79.9. The van der Waals surface area contributed by atoms with E-state index in [1.807, 2.05) is 0 Å². The predicted octanol–water partition coefficient (Wildman–Crippen LogP) is 2.06. The van der Waals surface area contributed by atoms with Gasteiger partial charge in [0.15, 0.2) is 0 Å². The van der Waals surface area contributed by atoms with E-state index >= 15 is 0 Å². The number of amides is 1. The zero-order valence-electron chi connectivity index (χ0n) is 10.1. The van der Waals surface area contributed by atoms with Gasteiger partial charge in [-0.25, -0.2) is 4.39 Å². The number of likely N-dealkylation sites (tertiary alicyclic amines) is 1. The molecule has 0 aromatic heterocycles. The first kappa shape index (κ1) is 14.0. The summed E-state index contributed by atoms with van der Waals surface area (Å²) in [5.74, 6) is -1.82. The monoisotopic (exact) mass is 329 g/mol. The lowest BCUT2D eigenvalue weighted by atomic mass is 10.1. The minimum absolute atomic E-state index is 0.123. The van der Waals surface area contributed by atoms with E-state index in [1.165, 1.54) is 6.07 Å². The van der Waals surface area contributed by atoms with Crippen LogP contribution in [0.4, 0.5) is 4.39 Å². The molecule has 102 valence electrons. The molecule has 1 atom stereocenters. The van der Waals surface area contributed by atoms with Crippen molar-refractivity contribution < 1.29 is 19.1 Å². The smallest absolute Gasteiger partial charge is 0.308 e. The number of carboxylic acid groups (broad SMARTS) is 1. The Balaban J connectivity index is 1.98. The van der Waals surface area contributed by atoms with Crippen molar-refractivity contribution in [3.05, 3.63) is 34.1 Å². The number of carbonyl (C=O) groups is 2. The highest BCUT2D eigenvalue weighted by Gasteiger charge is 2.30. The molecule has 4 nitrogen and oxygen atoms in total. The number of carbonyl (C=O) groups excluding carboxylic acids is 1. The fraction of sp³-hybridized carbons (Fsp3) is 0.385. The van der Waals surface area contributed by atoms with Crippen molar-refractivity contribution in [2.24, 2.45) is 5.92 Å². The number of hydrogen-bond acceptors (Lipinski definition) is 2. The lowest BCUT2D eigenvalue weighted by Gasteiger charge is -2.15. The van der Waals surface area contributed by atoms with Crippen molar-refractivity contribution in [2.75, 3.05) is 13.1 Å². The molecule has 1 aromatic carbocycles. The van der Waals surface area contributed by atoms with Crippen LogP contribution in [0.5, 0.6) is 0 Å². The molecule has 0 bridgehead atoms. The second-order valence-electron chi connectivity index (χ2n) is 4.59. The lowest BCUT2D eigenvalue weighted by Crippen LogP contribution is -2.31. The third-order valence-corrected chi connectivity index (χ3v) is 3.84. The largest absolute Gasteiger partial charge is 0.481 e. The fourth-order valence-corrected chi connectivity index (χ4v) is 2.55. The molecule has 0 saturated carbocycles. The zero-order valence-corrected chi connectivity index (χ0v) is 11.7. The van der Waals surface area contributed by atoms with Gasteiger partial charge in [-0.3, -0.25) is 9.59 Å². The normalized spacial score (nSPS) is 18.6. The molecular formula is C13H13BrFNO3. The van der Waals surface area contributed by atoms with Crippen LogP contribution >= 0.6 is 15.9 Å². The molecule has 1 aliphatic rings. The average Bonchev–Trinajstić information content (AvgIpc) is 2.83. The van der Waals surface area contributed by atoms with Crippen LogP contribution < -0.4 is 0 Å². The van der Waals surface area contributed by atoms with Gasteiger partial charge in [-0.05, 0) is 40.0 Å². The Morgan fingerprint density at radius 2 is 2.21 bits per heavy atom. The first-order chi connectivity index (χ1) is 8.97. The van der Waals surface area contributed by atoms with Gasteiger partial charge in [0.25, 0.3) is 0 Å². The summed E-state index contributed by atoms with van der Waals surface area (Å²) in [6.45, 7) is 0.731. The second-order valence-corrected chi connectivity index (χ2v) is 5.44. The number of nitrogens with zero attached hydrogens (tertiary/aromatic N) is 1. The maximum atomic E-state index is 13.1. The van der Waals surface area contributed by atoms with E-state index in [4.69, 9.17) is 5.11 Å². The van der Waals surface area contributed by atoms with Crippen LogP contribution in [-0.4, -0.2) is 35.0 Å². The highest BCUT2D eigenvalue weighted by molar-refractivity contribution is 9.10. The summed E-state index contributed by atoms with van der Waals surface area (Å²) in [6.07, 6.45) is 0.652. The van der Waals surface area contributed by atoms with E-state index in [9.17, 15) is 14.0 Å². The number of benzene rings is 1. The summed E-state index contributed by atoms with van der Waals surface area (Å²) in [5.41, 5.74) is 0.706. The molecule has 0 radical (unpaired) electrons. The number of hydrogen-bond donors (Lipinski definition) is 1. The van der Waals surface area contributed by atoms with Gasteiger partial charge in [0, 0.05) is 13.1 Å². The van der Waals surface area contributed by atoms with Crippen molar-refractivity contribution in [1.82, 2.24) is 4.90 Å². The summed E-state index contributed by atoms with van der Waals surface area (Å²) in [4.78, 5) is 24.4. The minimum Gasteiger partial charge on any atom is -0.481 e. The fourth-order valence-electron chi connectivity index (χ4n) is 2.12. The van der Waals surface area contributed by atoms with Crippen LogP contribution in [-0.2, 0) is 16.0 Å². The van der Waals surface area contributed by atoms with E-state index in [0.717, 1.165) is 0 Å². The van der Waals surface area contributed by atoms with Gasteiger partial charge in [-0.2, -0.15) is 0 Å². The van der Waals surface area contributed by atoms with Crippen molar-refractivity contribution in [3.8, 4) is 0 Å². The molecule has 1 amide bonds. The van der Waals surface area contributed by atoms with Crippen molar-refractivity contribution in [1.29, 1.82) is 0 Å². The van der Waals surface area contributed by atoms with Crippen LogP contribution in [0.2, 0.25) is 0 Å². The molecule has 0 spiro atoms. The van der Waals surface area contributed by atoms with E-state index in [0.29, 0.717) is 23.0 Å². The van der Waals surface area contributed by atoms with Gasteiger partial charge >= 0.3 is 5.97 Å². The Kier molecular flexibility index (Phi) is 4.19. The first-order valence-corrected chi connectivity index (χ1v) is 6.71. The van der Waals surface area contributed by atoms with E-state index < -0.39 is 11.9 Å². The molecule has 1 fully saturated rings. The molecule has 1 saturated heterocycles. The third-order valence-electron chi connectivity index (χ3n) is 3.23. The minimum atomic E-state index is -0.861. The van der Waals surface area contributed by atoms with Gasteiger partial charge in [-0.15, -0.1) is 0 Å². The van der Waals surface area contributed by atoms with Gasteiger partial charge in [-0.1, -0.05) is 6.07 Å². The zero-order chi connectivity index (χ0) is 14.0. The highest BCUT2D eigenvalue weighted by Crippen LogP contribution is 2.20. The van der Waals surface area contributed by atoms with E-state index in [2.05, 4.69) is 15.9 Å². The van der Waals surface area contributed by atoms with E-state index in [1.54, 1.807) is 17.0 Å². The maximum absolute atomic E-state index is 13.1. The molecule has 2 rings (SSSR count). The third kappa shape index (κ3) is 3.32. The SMILES string of the molecule is O=C(O)[C@H]1CCN(C(=O)Cc2ccc(F)c(Br)c2)C1. The van der Waals surface area contributed by atoms with Gasteiger partial charge in [0.05, 0.1) is 16.8 Å². The number of rotatable bonds is 3. The molecule has 1 N–H and O–H groups in total. The summed E-state index contributed by atoms with van der Waals surface area (Å²) < 4.78 is 13.4. The molecule has 19 heavy (non-hydrogen) atoms. The first-order valence-electron chi connectivity index (χ1n) is 5.92. The Morgan fingerprint density at radius 3 is 2.79 bits per heavy atom. The topological polar surface area (TPSA) is 57.6 Å². The summed E-state index contributed by atoms with van der Waals surface area (Å²) in [6, 6.07) is 4.43. The summed E-state index contributed by atoms with van der Waals surface area (Å²) in [5, 5.41) is 8.88. The summed E-state index contributed by atoms with van der Waals surface area (Å²) >= 11 is 3.07. The second kappa shape index (κ2) is 5.69. The van der Waals surface area contributed by atoms with Gasteiger partial charge in [0.2, 0.25) is 5.91 Å². The van der Waals surface area contributed by atoms with Crippen molar-refractivity contribution >= 4 is 27.8 Å². The van der Waals surface area contributed by atoms with Crippen LogP contribution in [0.1, 0.15) is 12.0 Å². The molecule has 0 unspecified atom stereocenters. The number of halogens is 2. The Bertz CT molecular complexity index is 521. The predicted molar refractivity (Wildman–Crippen MR) is 70.1 cm³/mol. The molecule has 0 aliphatic carbocycles. The van der Waals surface area contributed by atoms with Crippen molar-refractivity contribution in [2.45, 2.75) is 12.8 Å². The Labute approximate surface area is 118 Å². The number of aliphatic carboxylic acids is 1. The molecule has 1 aliphatic heterocycles. The van der Waals surface area contributed by atoms with E-state index in [-0.39, 0.29) is 24.7 Å².